The Balaban J connectivity index is 3.49. The van der Waals surface area contributed by atoms with Gasteiger partial charge in [0, 0.05) is 0 Å². The van der Waals surface area contributed by atoms with Gasteiger partial charge in [0.2, 0.25) is 5.91 Å². The third-order valence-corrected chi connectivity index (χ3v) is 1.65. The average molecular weight is 192 g/mol. The van der Waals surface area contributed by atoms with Crippen molar-refractivity contribution in [2.75, 3.05) is 0 Å². The largest absolute Gasteiger partial charge is 0.366 e. The lowest BCUT2D eigenvalue weighted by molar-refractivity contribution is 0.1000. The molecule has 5 heteroatoms. The minimum Gasteiger partial charge on any atom is -0.366 e. The van der Waals surface area contributed by atoms with Crippen LogP contribution in [0.3, 0.4) is 0 Å². The Kier molecular flexibility index (Phi) is 2.58. The molecule has 4 nitrogen and oxygen atoms in total. The van der Waals surface area contributed by atoms with Crippen LogP contribution in [0.5, 0.6) is 0 Å². The lowest BCUT2D eigenvalue weighted by Crippen LogP contribution is -2.14. The van der Waals surface area contributed by atoms with Gasteiger partial charge in [-0.25, -0.2) is 4.39 Å². The monoisotopic (exact) mass is 192 g/mol. The number of nitrogens with zero attached hydrogens (tertiary/aromatic N) is 1. The zero-order valence-corrected chi connectivity index (χ0v) is 6.95. The topological polar surface area (TPSA) is 83.9 Å². The quantitative estimate of drug-likeness (QED) is 0.696. The van der Waals surface area contributed by atoms with Crippen LogP contribution in [0, 0.1) is 17.1 Å². The van der Waals surface area contributed by atoms with Crippen molar-refractivity contribution < 1.29 is 14.0 Å². The first-order valence-electron chi connectivity index (χ1n) is 3.58. The van der Waals surface area contributed by atoms with Crippen molar-refractivity contribution in [1.82, 2.24) is 0 Å². The highest BCUT2D eigenvalue weighted by atomic mass is 19.1. The number of carbonyl (C=O) groups is 2. The minimum atomic E-state index is -0.871. The van der Waals surface area contributed by atoms with Crippen LogP contribution in [0.1, 0.15) is 26.3 Å². The molecule has 0 aromatic heterocycles. The fourth-order valence-electron chi connectivity index (χ4n) is 0.977. The van der Waals surface area contributed by atoms with E-state index in [4.69, 9.17) is 11.0 Å². The Hall–Kier alpha value is -2.22. The van der Waals surface area contributed by atoms with Crippen LogP contribution >= 0.6 is 0 Å². The van der Waals surface area contributed by atoms with Gasteiger partial charge in [0.1, 0.15) is 11.9 Å². The molecule has 1 rings (SSSR count). The van der Waals surface area contributed by atoms with Crippen molar-refractivity contribution in [2.45, 2.75) is 0 Å². The molecular weight excluding hydrogens is 187 g/mol. The third-order valence-electron chi connectivity index (χ3n) is 1.65. The summed E-state index contributed by atoms with van der Waals surface area (Å²) < 4.78 is 12.9. The van der Waals surface area contributed by atoms with Gasteiger partial charge in [-0.2, -0.15) is 5.26 Å². The fraction of sp³-hybridized carbons (Fsp3) is 0. The highest BCUT2D eigenvalue weighted by Crippen LogP contribution is 2.13. The lowest BCUT2D eigenvalue weighted by Gasteiger charge is -2.01. The predicted octanol–water partition coefficient (Wildman–Crippen LogP) is 0.609. The number of aldehydes is 1. The Morgan fingerprint density at radius 2 is 2.21 bits per heavy atom. The molecule has 0 atom stereocenters. The Labute approximate surface area is 78.7 Å². The molecule has 1 aromatic carbocycles. The van der Waals surface area contributed by atoms with Crippen molar-refractivity contribution in [3.05, 3.63) is 34.6 Å². The maximum Gasteiger partial charge on any atom is 0.250 e. The zero-order valence-electron chi connectivity index (χ0n) is 6.95. The van der Waals surface area contributed by atoms with Crippen LogP contribution in [0.4, 0.5) is 4.39 Å². The van der Waals surface area contributed by atoms with E-state index in [-0.39, 0.29) is 23.0 Å². The van der Waals surface area contributed by atoms with Gasteiger partial charge < -0.3 is 5.73 Å². The molecular formula is C9H5FN2O2. The number of benzene rings is 1. The molecule has 14 heavy (non-hydrogen) atoms. The summed E-state index contributed by atoms with van der Waals surface area (Å²) in [6.07, 6.45) is 0.253. The minimum absolute atomic E-state index is 0.156. The van der Waals surface area contributed by atoms with E-state index in [0.29, 0.717) is 0 Å². The molecule has 0 saturated heterocycles. The van der Waals surface area contributed by atoms with Gasteiger partial charge in [-0.3, -0.25) is 9.59 Å². The van der Waals surface area contributed by atoms with Crippen molar-refractivity contribution in [3.8, 4) is 6.07 Å². The standard InChI is InChI=1S/C9H5FN2O2/c10-8-2-5(3-11)7(9(12)14)1-6(8)4-13/h1-2,4H,(H2,12,14). The number of nitrogens with two attached hydrogens (primary N) is 1. The van der Waals surface area contributed by atoms with Gasteiger partial charge in [-0.1, -0.05) is 0 Å². The molecule has 1 aromatic rings. The van der Waals surface area contributed by atoms with Gasteiger partial charge in [-0.15, -0.1) is 0 Å². The van der Waals surface area contributed by atoms with Gasteiger partial charge in [0.25, 0.3) is 0 Å². The van der Waals surface area contributed by atoms with E-state index in [1.165, 1.54) is 0 Å². The van der Waals surface area contributed by atoms with E-state index in [1.54, 1.807) is 6.07 Å². The molecule has 0 spiro atoms. The van der Waals surface area contributed by atoms with Gasteiger partial charge >= 0.3 is 0 Å². The van der Waals surface area contributed by atoms with E-state index in [0.717, 1.165) is 12.1 Å². The second-order valence-electron chi connectivity index (χ2n) is 2.51. The number of primary amides is 1. The first-order valence-corrected chi connectivity index (χ1v) is 3.58. The van der Waals surface area contributed by atoms with E-state index in [1.807, 2.05) is 0 Å². The first kappa shape index (κ1) is 9.86. The van der Waals surface area contributed by atoms with Crippen LogP contribution in [-0.4, -0.2) is 12.2 Å². The summed E-state index contributed by atoms with van der Waals surface area (Å²) in [6, 6.07) is 3.38. The number of nitriles is 1. The Morgan fingerprint density at radius 3 is 2.64 bits per heavy atom. The molecule has 0 bridgehead atoms. The number of halogens is 1. The zero-order chi connectivity index (χ0) is 10.7. The van der Waals surface area contributed by atoms with E-state index in [2.05, 4.69) is 0 Å². The fourth-order valence-corrected chi connectivity index (χ4v) is 0.977. The van der Waals surface area contributed by atoms with Gasteiger partial charge in [0.05, 0.1) is 16.7 Å². The lowest BCUT2D eigenvalue weighted by atomic mass is 10.0. The highest BCUT2D eigenvalue weighted by Gasteiger charge is 2.12. The second-order valence-corrected chi connectivity index (χ2v) is 2.51. The molecule has 0 aliphatic rings. The van der Waals surface area contributed by atoms with Crippen molar-refractivity contribution in [2.24, 2.45) is 5.73 Å². The summed E-state index contributed by atoms with van der Waals surface area (Å²) in [5.74, 6) is -1.72. The second kappa shape index (κ2) is 3.66. The molecule has 0 aliphatic carbocycles. The summed E-state index contributed by atoms with van der Waals surface area (Å²) >= 11 is 0. The molecule has 0 heterocycles. The number of hydrogen-bond acceptors (Lipinski definition) is 3. The van der Waals surface area contributed by atoms with Crippen molar-refractivity contribution in [1.29, 1.82) is 5.26 Å². The van der Waals surface area contributed by atoms with Crippen LogP contribution in [-0.2, 0) is 0 Å². The van der Waals surface area contributed by atoms with Crippen LogP contribution in [0.25, 0.3) is 0 Å². The molecule has 2 N–H and O–H groups in total. The highest BCUT2D eigenvalue weighted by molar-refractivity contribution is 5.97. The maximum atomic E-state index is 12.9. The molecule has 0 radical (unpaired) electrons. The maximum absolute atomic E-state index is 12.9. The van der Waals surface area contributed by atoms with Crippen LogP contribution < -0.4 is 5.73 Å². The number of rotatable bonds is 2. The smallest absolute Gasteiger partial charge is 0.250 e. The first-order chi connectivity index (χ1) is 6.60. The third kappa shape index (κ3) is 1.59. The SMILES string of the molecule is N#Cc1cc(F)c(C=O)cc1C(N)=O. The molecule has 0 saturated carbocycles. The average Bonchev–Trinajstić information content (AvgIpc) is 2.16. The normalized spacial score (nSPS) is 9.14. The van der Waals surface area contributed by atoms with Gasteiger partial charge in [0.15, 0.2) is 6.29 Å². The molecule has 0 unspecified atom stereocenters. The summed E-state index contributed by atoms with van der Waals surface area (Å²) in [7, 11) is 0. The van der Waals surface area contributed by atoms with E-state index >= 15 is 0 Å². The predicted molar refractivity (Wildman–Crippen MR) is 45.0 cm³/mol. The van der Waals surface area contributed by atoms with Crippen LogP contribution in [0.15, 0.2) is 12.1 Å². The van der Waals surface area contributed by atoms with E-state index < -0.39 is 11.7 Å². The Bertz CT molecular complexity index is 449. The van der Waals surface area contributed by atoms with Gasteiger partial charge in [-0.05, 0) is 12.1 Å². The molecule has 1 amide bonds. The summed E-state index contributed by atoms with van der Waals surface area (Å²) in [4.78, 5) is 21.1. The van der Waals surface area contributed by atoms with E-state index in [9.17, 15) is 14.0 Å². The molecule has 70 valence electrons. The number of carbonyl (C=O) groups excluding carboxylic acids is 2. The Morgan fingerprint density at radius 1 is 1.57 bits per heavy atom. The number of hydrogen-bond donors (Lipinski definition) is 1. The summed E-state index contributed by atoms with van der Waals surface area (Å²) in [5, 5.41) is 8.54. The number of amides is 1. The summed E-state index contributed by atoms with van der Waals surface area (Å²) in [5.41, 5.74) is 4.31. The summed E-state index contributed by atoms with van der Waals surface area (Å²) in [6.45, 7) is 0. The molecule has 0 aliphatic heterocycles. The van der Waals surface area contributed by atoms with Crippen molar-refractivity contribution >= 4 is 12.2 Å². The molecule has 0 fully saturated rings. The van der Waals surface area contributed by atoms with Crippen LogP contribution in [0.2, 0.25) is 0 Å². The van der Waals surface area contributed by atoms with Crippen molar-refractivity contribution in [3.63, 3.8) is 0 Å².